The first-order valence-electron chi connectivity index (χ1n) is 13.6. The fraction of sp³-hybridized carbons (Fsp3) is 0.963. The predicted molar refractivity (Wildman–Crippen MR) is 138 cm³/mol. The molecule has 0 bridgehead atoms. The van der Waals surface area contributed by atoms with Crippen molar-refractivity contribution in [1.82, 2.24) is 5.32 Å². The van der Waals surface area contributed by atoms with Crippen LogP contribution in [0.3, 0.4) is 0 Å². The van der Waals surface area contributed by atoms with Crippen molar-refractivity contribution in [3.05, 3.63) is 0 Å². The van der Waals surface area contributed by atoms with Crippen molar-refractivity contribution < 1.29 is 4.79 Å². The van der Waals surface area contributed by atoms with Crippen LogP contribution >= 0.6 is 0 Å². The molecule has 2 nitrogen and oxygen atoms in total. The third-order valence-electron chi connectivity index (χ3n) is 6.35. The Morgan fingerprint density at radius 1 is 0.600 bits per heavy atom. The Hall–Kier alpha value is 0.0284. The van der Waals surface area contributed by atoms with Crippen molar-refractivity contribution in [3.8, 4) is 0 Å². The fourth-order valence-electron chi connectivity index (χ4n) is 4.22. The van der Waals surface area contributed by atoms with E-state index in [1.54, 1.807) is 0 Å². The molecular formula is C27H56AsNO. The van der Waals surface area contributed by atoms with Crippen LogP contribution < -0.4 is 5.32 Å². The third-order valence-corrected chi connectivity index (χ3v) is 10.00. The fourth-order valence-corrected chi connectivity index (χ4v) is 6.59. The van der Waals surface area contributed by atoms with E-state index in [0.29, 0.717) is 4.83 Å². The minimum absolute atomic E-state index is 0.289. The van der Waals surface area contributed by atoms with Gasteiger partial charge in [0, 0.05) is 0 Å². The molecule has 0 aliphatic heterocycles. The zero-order valence-corrected chi connectivity index (χ0v) is 23.2. The van der Waals surface area contributed by atoms with E-state index >= 15 is 0 Å². The van der Waals surface area contributed by atoms with Gasteiger partial charge in [0.1, 0.15) is 0 Å². The molecule has 180 valence electrons. The van der Waals surface area contributed by atoms with Gasteiger partial charge in [-0.15, -0.1) is 0 Å². The van der Waals surface area contributed by atoms with Gasteiger partial charge < -0.3 is 0 Å². The van der Waals surface area contributed by atoms with Gasteiger partial charge in [0.15, 0.2) is 0 Å². The van der Waals surface area contributed by atoms with Gasteiger partial charge in [-0.25, -0.2) is 0 Å². The van der Waals surface area contributed by atoms with Crippen LogP contribution in [0.2, 0.25) is 11.4 Å². The molecule has 0 radical (unpaired) electrons. The van der Waals surface area contributed by atoms with E-state index in [-0.39, 0.29) is 5.91 Å². The predicted octanol–water partition coefficient (Wildman–Crippen LogP) is 9.00. The summed E-state index contributed by atoms with van der Waals surface area (Å²) >= 11 is -0.821. The molecule has 0 saturated heterocycles. The molecule has 3 heteroatoms. The Morgan fingerprint density at radius 2 is 0.933 bits per heavy atom. The summed E-state index contributed by atoms with van der Waals surface area (Å²) in [5, 5.41) is 3.25. The molecule has 0 rings (SSSR count). The third kappa shape index (κ3) is 21.3. The Kier molecular flexibility index (Phi) is 23.7. The quantitative estimate of drug-likeness (QED) is 0.114. The molecule has 1 atom stereocenters. The van der Waals surface area contributed by atoms with Gasteiger partial charge in [-0.3, -0.25) is 0 Å². The number of unbranched alkanes of at least 4 members (excludes halogenated alkanes) is 18. The SMILES string of the molecule is CCCCCCCCCCCCCCCCCCCCCC(=O)NC(CC)[As](C)C. The van der Waals surface area contributed by atoms with Crippen molar-refractivity contribution >= 4 is 20.6 Å². The van der Waals surface area contributed by atoms with Crippen molar-refractivity contribution in [2.75, 3.05) is 0 Å². The first-order valence-corrected chi connectivity index (χ1v) is 18.4. The molecule has 0 aliphatic carbocycles. The molecule has 1 unspecified atom stereocenters. The van der Waals surface area contributed by atoms with Crippen LogP contribution in [0.5, 0.6) is 0 Å². The van der Waals surface area contributed by atoms with E-state index in [1.165, 1.54) is 116 Å². The normalized spacial score (nSPS) is 12.4. The van der Waals surface area contributed by atoms with Crippen molar-refractivity contribution in [1.29, 1.82) is 0 Å². The maximum absolute atomic E-state index is 12.0. The molecule has 0 saturated carbocycles. The number of carbonyl (C=O) groups excluding carboxylic acids is 1. The molecule has 0 aromatic carbocycles. The number of hydrogen-bond donors (Lipinski definition) is 1. The average molecular weight is 486 g/mol. The Balaban J connectivity index is 3.20. The van der Waals surface area contributed by atoms with Gasteiger partial charge in [0.05, 0.1) is 0 Å². The van der Waals surface area contributed by atoms with Gasteiger partial charge in [0.25, 0.3) is 0 Å². The zero-order valence-electron chi connectivity index (χ0n) is 21.3. The standard InChI is InChI=1S/C27H56AsNO/c1-5-7-8-9-10-11-12-13-14-15-16-17-18-19-20-21-22-23-24-25-27(30)29-26(6-2)28(3)4/h26H,5-25H2,1-4H3,(H,29,30). The number of nitrogens with one attached hydrogen (secondary N) is 1. The summed E-state index contributed by atoms with van der Waals surface area (Å²) in [6.45, 7) is 4.48. The molecule has 0 fully saturated rings. The number of carbonyl (C=O) groups is 1. The summed E-state index contributed by atoms with van der Waals surface area (Å²) in [6.07, 6.45) is 28.4. The van der Waals surface area contributed by atoms with Gasteiger partial charge in [-0.05, 0) is 0 Å². The molecular weight excluding hydrogens is 429 g/mol. The van der Waals surface area contributed by atoms with Crippen LogP contribution in [0.4, 0.5) is 0 Å². The van der Waals surface area contributed by atoms with Gasteiger partial charge in [-0.2, -0.15) is 0 Å². The number of rotatable bonds is 23. The van der Waals surface area contributed by atoms with Crippen LogP contribution in [0.25, 0.3) is 0 Å². The second kappa shape index (κ2) is 23.7. The Morgan fingerprint density at radius 3 is 1.23 bits per heavy atom. The van der Waals surface area contributed by atoms with E-state index in [1.807, 2.05) is 0 Å². The summed E-state index contributed by atoms with van der Waals surface area (Å²) in [4.78, 5) is 12.5. The van der Waals surface area contributed by atoms with Gasteiger partial charge in [0.2, 0.25) is 0 Å². The van der Waals surface area contributed by atoms with Crippen LogP contribution in [0.1, 0.15) is 149 Å². The van der Waals surface area contributed by atoms with Crippen LogP contribution in [0.15, 0.2) is 0 Å². The van der Waals surface area contributed by atoms with Gasteiger partial charge in [-0.1, -0.05) is 77.6 Å². The summed E-state index contributed by atoms with van der Waals surface area (Å²) in [6, 6.07) is 0. The van der Waals surface area contributed by atoms with Crippen LogP contribution in [-0.4, -0.2) is 25.4 Å². The molecule has 1 amide bonds. The number of amides is 1. The monoisotopic (exact) mass is 485 g/mol. The first-order chi connectivity index (χ1) is 14.6. The van der Waals surface area contributed by atoms with E-state index in [4.69, 9.17) is 0 Å². The maximum atomic E-state index is 12.0. The van der Waals surface area contributed by atoms with E-state index in [2.05, 4.69) is 30.6 Å². The minimum atomic E-state index is -0.821. The second-order valence-corrected chi connectivity index (χ2v) is 14.9. The molecule has 0 aliphatic rings. The Labute approximate surface area is 195 Å². The summed E-state index contributed by atoms with van der Waals surface area (Å²) in [5.74, 6) is 0.289. The summed E-state index contributed by atoms with van der Waals surface area (Å²) < 4.78 is 0. The van der Waals surface area contributed by atoms with Crippen molar-refractivity contribution in [2.24, 2.45) is 0 Å². The molecule has 0 aromatic rings. The topological polar surface area (TPSA) is 29.1 Å². The van der Waals surface area contributed by atoms with Gasteiger partial charge >= 0.3 is 118 Å². The summed E-state index contributed by atoms with van der Waals surface area (Å²) in [5.41, 5.74) is 4.66. The summed E-state index contributed by atoms with van der Waals surface area (Å²) in [7, 11) is 0. The molecule has 0 spiro atoms. The molecule has 0 aromatic heterocycles. The van der Waals surface area contributed by atoms with Crippen LogP contribution in [-0.2, 0) is 4.79 Å². The zero-order chi connectivity index (χ0) is 22.3. The Bertz CT molecular complexity index is 359. The van der Waals surface area contributed by atoms with E-state index in [9.17, 15) is 4.79 Å². The second-order valence-electron chi connectivity index (χ2n) is 9.57. The van der Waals surface area contributed by atoms with Crippen molar-refractivity contribution in [3.63, 3.8) is 0 Å². The van der Waals surface area contributed by atoms with E-state index < -0.39 is 14.7 Å². The molecule has 30 heavy (non-hydrogen) atoms. The average Bonchev–Trinajstić information content (AvgIpc) is 2.73. The molecule has 0 heterocycles. The molecule has 1 N–H and O–H groups in total. The van der Waals surface area contributed by atoms with Crippen molar-refractivity contribution in [2.45, 2.75) is 165 Å². The number of hydrogen-bond acceptors (Lipinski definition) is 1. The van der Waals surface area contributed by atoms with E-state index in [0.717, 1.165) is 19.3 Å². The first kappa shape index (κ1) is 30.0. The van der Waals surface area contributed by atoms with Crippen LogP contribution in [0, 0.1) is 0 Å².